The van der Waals surface area contributed by atoms with Crippen molar-refractivity contribution in [2.75, 3.05) is 7.11 Å². The lowest BCUT2D eigenvalue weighted by Gasteiger charge is -2.16. The summed E-state index contributed by atoms with van der Waals surface area (Å²) in [5, 5.41) is 9.85. The van der Waals surface area contributed by atoms with Crippen LogP contribution < -0.4 is 9.47 Å². The number of aromatic amines is 1. The summed E-state index contributed by atoms with van der Waals surface area (Å²) in [7, 11) is 1.62. The molecule has 4 rings (SSSR count). The first-order valence-electron chi connectivity index (χ1n) is 11.1. The molecule has 0 amide bonds. The van der Waals surface area contributed by atoms with Gasteiger partial charge in [-0.05, 0) is 67.3 Å². The number of methoxy groups -OCH3 is 1. The van der Waals surface area contributed by atoms with Gasteiger partial charge in [0.05, 0.1) is 23.7 Å². The third-order valence-corrected chi connectivity index (χ3v) is 5.57. The SMILES string of the molecule is C=CCc1cc(/C=C(/C#N)c2nc3ccc(C)cc3[nH]2)cc(OC)c1OCc1ccc(C)cc1. The summed E-state index contributed by atoms with van der Waals surface area (Å²) in [6.07, 6.45) is 4.24. The van der Waals surface area contributed by atoms with Crippen LogP contribution in [0.25, 0.3) is 22.7 Å². The van der Waals surface area contributed by atoms with E-state index in [1.165, 1.54) is 5.56 Å². The van der Waals surface area contributed by atoms with E-state index < -0.39 is 0 Å². The van der Waals surface area contributed by atoms with Crippen molar-refractivity contribution in [3.8, 4) is 17.6 Å². The summed E-state index contributed by atoms with van der Waals surface area (Å²) in [4.78, 5) is 7.85. The van der Waals surface area contributed by atoms with Gasteiger partial charge in [-0.25, -0.2) is 4.98 Å². The first-order valence-corrected chi connectivity index (χ1v) is 11.1. The zero-order chi connectivity index (χ0) is 24.1. The summed E-state index contributed by atoms with van der Waals surface area (Å²) in [6, 6.07) is 20.4. The molecule has 0 fully saturated rings. The van der Waals surface area contributed by atoms with Gasteiger partial charge in [0, 0.05) is 5.56 Å². The number of hydrogen-bond donors (Lipinski definition) is 1. The molecule has 0 saturated heterocycles. The molecule has 0 spiro atoms. The van der Waals surface area contributed by atoms with E-state index in [2.05, 4.69) is 53.8 Å². The fourth-order valence-electron chi connectivity index (χ4n) is 3.80. The van der Waals surface area contributed by atoms with Gasteiger partial charge < -0.3 is 14.5 Å². The molecule has 5 heteroatoms. The highest BCUT2D eigenvalue weighted by molar-refractivity contribution is 5.90. The molecule has 0 bridgehead atoms. The van der Waals surface area contributed by atoms with Crippen molar-refractivity contribution in [3.63, 3.8) is 0 Å². The lowest BCUT2D eigenvalue weighted by molar-refractivity contribution is 0.282. The molecule has 34 heavy (non-hydrogen) atoms. The number of aromatic nitrogens is 2. The number of fused-ring (bicyclic) bond motifs is 1. The number of hydrogen-bond acceptors (Lipinski definition) is 4. The Labute approximate surface area is 200 Å². The highest BCUT2D eigenvalue weighted by Gasteiger charge is 2.14. The third-order valence-electron chi connectivity index (χ3n) is 5.57. The van der Waals surface area contributed by atoms with Crippen molar-refractivity contribution in [2.24, 2.45) is 0 Å². The number of H-pyrrole nitrogens is 1. The second-order valence-electron chi connectivity index (χ2n) is 8.25. The lowest BCUT2D eigenvalue weighted by atomic mass is 10.0. The van der Waals surface area contributed by atoms with Gasteiger partial charge in [-0.2, -0.15) is 5.26 Å². The number of nitrogens with zero attached hydrogens (tertiary/aromatic N) is 2. The average Bonchev–Trinajstić information content (AvgIpc) is 3.25. The van der Waals surface area contributed by atoms with E-state index in [0.29, 0.717) is 35.9 Å². The maximum atomic E-state index is 9.85. The number of nitrogens with one attached hydrogen (secondary N) is 1. The predicted octanol–water partition coefficient (Wildman–Crippen LogP) is 6.56. The number of nitriles is 1. The van der Waals surface area contributed by atoms with Crippen LogP contribution in [0.5, 0.6) is 11.5 Å². The van der Waals surface area contributed by atoms with Crippen LogP contribution in [0.15, 0.2) is 67.3 Å². The number of ether oxygens (including phenoxy) is 2. The summed E-state index contributed by atoms with van der Waals surface area (Å²) < 4.78 is 11.9. The Balaban J connectivity index is 1.69. The van der Waals surface area contributed by atoms with E-state index in [9.17, 15) is 5.26 Å². The largest absolute Gasteiger partial charge is 0.493 e. The number of benzene rings is 3. The van der Waals surface area contributed by atoms with Gasteiger partial charge in [0.25, 0.3) is 0 Å². The summed E-state index contributed by atoms with van der Waals surface area (Å²) in [5.74, 6) is 1.82. The van der Waals surface area contributed by atoms with Crippen molar-refractivity contribution >= 4 is 22.7 Å². The Kier molecular flexibility index (Phi) is 6.79. The molecule has 4 aromatic rings. The van der Waals surface area contributed by atoms with Crippen LogP contribution in [0, 0.1) is 25.2 Å². The molecular weight excluding hydrogens is 422 g/mol. The molecule has 3 aromatic carbocycles. The van der Waals surface area contributed by atoms with E-state index in [4.69, 9.17) is 9.47 Å². The normalized spacial score (nSPS) is 11.3. The van der Waals surface area contributed by atoms with Crippen LogP contribution in [0.3, 0.4) is 0 Å². The highest BCUT2D eigenvalue weighted by Crippen LogP contribution is 2.35. The Hall–Kier alpha value is -4.30. The molecule has 0 atom stereocenters. The minimum absolute atomic E-state index is 0.428. The maximum Gasteiger partial charge on any atom is 0.165 e. The van der Waals surface area contributed by atoms with Crippen LogP contribution in [0.4, 0.5) is 0 Å². The molecule has 0 saturated carbocycles. The van der Waals surface area contributed by atoms with E-state index in [1.807, 2.05) is 49.4 Å². The van der Waals surface area contributed by atoms with E-state index in [-0.39, 0.29) is 0 Å². The number of allylic oxidation sites excluding steroid dienone is 2. The maximum absolute atomic E-state index is 9.85. The quantitative estimate of drug-likeness (QED) is 0.244. The number of aryl methyl sites for hydroxylation is 2. The molecule has 0 aliphatic rings. The topological polar surface area (TPSA) is 70.9 Å². The van der Waals surface area contributed by atoms with E-state index in [0.717, 1.165) is 33.3 Å². The third kappa shape index (κ3) is 5.02. The van der Waals surface area contributed by atoms with Crippen LogP contribution >= 0.6 is 0 Å². The second kappa shape index (κ2) is 10.1. The van der Waals surface area contributed by atoms with Gasteiger partial charge in [0.15, 0.2) is 11.5 Å². The van der Waals surface area contributed by atoms with Gasteiger partial charge in [-0.15, -0.1) is 6.58 Å². The molecule has 1 N–H and O–H groups in total. The van der Waals surface area contributed by atoms with Crippen LogP contribution in [0.2, 0.25) is 0 Å². The fraction of sp³-hybridized carbons (Fsp3) is 0.172. The fourth-order valence-corrected chi connectivity index (χ4v) is 3.80. The van der Waals surface area contributed by atoms with Gasteiger partial charge in [0.2, 0.25) is 0 Å². The molecule has 0 aliphatic heterocycles. The Morgan fingerprint density at radius 3 is 2.56 bits per heavy atom. The molecule has 1 aromatic heterocycles. The smallest absolute Gasteiger partial charge is 0.165 e. The molecule has 5 nitrogen and oxygen atoms in total. The first kappa shape index (κ1) is 22.9. The summed E-state index contributed by atoms with van der Waals surface area (Å²) >= 11 is 0. The number of rotatable bonds is 8. The van der Waals surface area contributed by atoms with Gasteiger partial charge in [-0.1, -0.05) is 42.0 Å². The van der Waals surface area contributed by atoms with Gasteiger partial charge >= 0.3 is 0 Å². The zero-order valence-electron chi connectivity index (χ0n) is 19.7. The molecule has 170 valence electrons. The Bertz CT molecular complexity index is 1410. The molecule has 0 aliphatic carbocycles. The first-order chi connectivity index (χ1) is 16.5. The second-order valence-corrected chi connectivity index (χ2v) is 8.25. The minimum Gasteiger partial charge on any atom is -0.493 e. The van der Waals surface area contributed by atoms with Crippen LogP contribution in [-0.2, 0) is 13.0 Å². The minimum atomic E-state index is 0.428. The van der Waals surface area contributed by atoms with Crippen LogP contribution in [-0.4, -0.2) is 17.1 Å². The summed E-state index contributed by atoms with van der Waals surface area (Å²) in [6.45, 7) is 8.40. The Morgan fingerprint density at radius 2 is 1.85 bits per heavy atom. The van der Waals surface area contributed by atoms with E-state index >= 15 is 0 Å². The van der Waals surface area contributed by atoms with Gasteiger partial charge in [-0.3, -0.25) is 0 Å². The van der Waals surface area contributed by atoms with Crippen molar-refractivity contribution in [2.45, 2.75) is 26.9 Å². The van der Waals surface area contributed by atoms with Crippen molar-refractivity contribution in [1.82, 2.24) is 9.97 Å². The van der Waals surface area contributed by atoms with Crippen molar-refractivity contribution in [3.05, 3.63) is 101 Å². The van der Waals surface area contributed by atoms with Crippen molar-refractivity contribution in [1.29, 1.82) is 5.26 Å². The predicted molar refractivity (Wildman–Crippen MR) is 137 cm³/mol. The molecule has 0 radical (unpaired) electrons. The Morgan fingerprint density at radius 1 is 1.09 bits per heavy atom. The zero-order valence-corrected chi connectivity index (χ0v) is 19.7. The van der Waals surface area contributed by atoms with E-state index in [1.54, 1.807) is 7.11 Å². The monoisotopic (exact) mass is 449 g/mol. The molecule has 1 heterocycles. The number of imidazole rings is 1. The lowest BCUT2D eigenvalue weighted by Crippen LogP contribution is -2.02. The van der Waals surface area contributed by atoms with Crippen molar-refractivity contribution < 1.29 is 9.47 Å². The van der Waals surface area contributed by atoms with Crippen LogP contribution in [0.1, 0.15) is 33.6 Å². The standard InChI is InChI=1S/C29H27N3O2/c1-5-6-23-14-22(15-24(17-30)29-31-25-12-9-20(3)13-26(25)32-29)16-27(33-4)28(23)34-18-21-10-7-19(2)8-11-21/h5,7-16H,1,6,18H2,2-4H3,(H,31,32)/b24-15-. The van der Waals surface area contributed by atoms with Gasteiger partial charge in [0.1, 0.15) is 18.5 Å². The molecular formula is C29H27N3O2. The summed E-state index contributed by atoms with van der Waals surface area (Å²) in [5.41, 5.74) is 7.34. The highest BCUT2D eigenvalue weighted by atomic mass is 16.5. The average molecular weight is 450 g/mol. The molecule has 0 unspecified atom stereocenters.